The molecule has 1 aliphatic rings. The maximum absolute atomic E-state index is 14.5. The lowest BCUT2D eigenvalue weighted by molar-refractivity contribution is -0.116. The predicted molar refractivity (Wildman–Crippen MR) is 192 cm³/mol. The summed E-state index contributed by atoms with van der Waals surface area (Å²) in [5, 5.41) is 28.8. The van der Waals surface area contributed by atoms with Crippen LogP contribution in [0.25, 0.3) is 77.0 Å². The third kappa shape index (κ3) is 3.93. The standard InChI is InChI=1S/C42H26N2O4/c45-39-35(33-29-17-5-7-21-31(29)43-37(33)27-19-9-13-23-11-1-3-15-25(23)27)40(46)42(48)36(41(39)47)34-30-18-6-8-22-32(30)44-38(34)28-20-10-14-24-12-2-4-16-26(24)28/h1-22,43-45,48H. The van der Waals surface area contributed by atoms with Gasteiger partial charge in [-0.2, -0.15) is 0 Å². The van der Waals surface area contributed by atoms with E-state index in [1.807, 2.05) is 133 Å². The van der Waals surface area contributed by atoms with Crippen molar-refractivity contribution in [1.82, 2.24) is 9.97 Å². The first-order chi connectivity index (χ1) is 23.5. The Labute approximate surface area is 273 Å². The van der Waals surface area contributed by atoms with Crippen LogP contribution in [0, 0.1) is 0 Å². The molecule has 9 rings (SSSR count). The first-order valence-corrected chi connectivity index (χ1v) is 15.7. The number of aliphatic hydroxyl groups is 2. The van der Waals surface area contributed by atoms with E-state index >= 15 is 0 Å². The molecule has 0 saturated carbocycles. The zero-order valence-corrected chi connectivity index (χ0v) is 25.4. The maximum atomic E-state index is 14.5. The van der Waals surface area contributed by atoms with Crippen LogP contribution in [0.2, 0.25) is 0 Å². The first-order valence-electron chi connectivity index (χ1n) is 15.7. The number of nitrogens with one attached hydrogen (secondary N) is 2. The molecule has 6 aromatic carbocycles. The van der Waals surface area contributed by atoms with Crippen molar-refractivity contribution in [2.45, 2.75) is 0 Å². The number of aromatic nitrogens is 2. The van der Waals surface area contributed by atoms with Gasteiger partial charge in [-0.3, -0.25) is 9.59 Å². The lowest BCUT2D eigenvalue weighted by Crippen LogP contribution is -2.23. The van der Waals surface area contributed by atoms with Crippen molar-refractivity contribution < 1.29 is 19.8 Å². The Morgan fingerprint density at radius 2 is 0.750 bits per heavy atom. The molecule has 0 fully saturated rings. The summed E-state index contributed by atoms with van der Waals surface area (Å²) in [5.74, 6) is -3.09. The summed E-state index contributed by atoms with van der Waals surface area (Å²) >= 11 is 0. The van der Waals surface area contributed by atoms with E-state index in [0.717, 1.165) is 43.7 Å². The molecule has 2 aromatic heterocycles. The van der Waals surface area contributed by atoms with Gasteiger partial charge in [0.05, 0.1) is 22.5 Å². The number of aromatic amines is 2. The summed E-state index contributed by atoms with van der Waals surface area (Å²) in [6.07, 6.45) is 0. The van der Waals surface area contributed by atoms with Gasteiger partial charge in [-0.05, 0) is 33.7 Å². The normalized spacial score (nSPS) is 13.9. The van der Waals surface area contributed by atoms with Gasteiger partial charge in [0.15, 0.2) is 11.5 Å². The number of hydrogen-bond donors (Lipinski definition) is 4. The van der Waals surface area contributed by atoms with Crippen LogP contribution in [-0.4, -0.2) is 31.7 Å². The van der Waals surface area contributed by atoms with Gasteiger partial charge in [-0.15, -0.1) is 0 Å². The number of carbonyl (C=O) groups is 2. The second-order valence-corrected chi connectivity index (χ2v) is 12.0. The highest BCUT2D eigenvalue weighted by Crippen LogP contribution is 2.46. The molecule has 0 aliphatic heterocycles. The van der Waals surface area contributed by atoms with Gasteiger partial charge in [0.2, 0.25) is 11.6 Å². The van der Waals surface area contributed by atoms with Crippen molar-refractivity contribution >= 4 is 66.1 Å². The molecule has 0 bridgehead atoms. The van der Waals surface area contributed by atoms with Crippen LogP contribution in [0.1, 0.15) is 11.1 Å². The number of Topliss-reactive ketones (excluding diaryl/α,β-unsaturated/α-hetero) is 2. The minimum Gasteiger partial charge on any atom is -0.504 e. The molecule has 0 amide bonds. The molecule has 8 aromatic rings. The average Bonchev–Trinajstić information content (AvgIpc) is 3.70. The third-order valence-electron chi connectivity index (χ3n) is 9.39. The Bertz CT molecular complexity index is 2540. The fraction of sp³-hybridized carbons (Fsp3) is 0. The van der Waals surface area contributed by atoms with Gasteiger partial charge in [-0.25, -0.2) is 0 Å². The third-order valence-corrected chi connectivity index (χ3v) is 9.39. The molecule has 1 aliphatic carbocycles. The van der Waals surface area contributed by atoms with Gasteiger partial charge in [0, 0.05) is 44.1 Å². The zero-order valence-electron chi connectivity index (χ0n) is 25.4. The quantitative estimate of drug-likeness (QED) is 0.147. The number of allylic oxidation sites excluding steroid dienone is 2. The minimum absolute atomic E-state index is 0.242. The molecule has 4 N–H and O–H groups in total. The number of fused-ring (bicyclic) bond motifs is 4. The van der Waals surface area contributed by atoms with E-state index in [1.165, 1.54) is 0 Å². The molecule has 0 spiro atoms. The summed E-state index contributed by atoms with van der Waals surface area (Å²) < 4.78 is 0. The van der Waals surface area contributed by atoms with Gasteiger partial charge in [0.1, 0.15) is 0 Å². The smallest absolute Gasteiger partial charge is 0.232 e. The molecule has 6 nitrogen and oxygen atoms in total. The SMILES string of the molecule is O=C1C(O)=C(c2c(-c3cccc4ccccc34)[nH]c3ccccc23)C(=O)C(O)=C1c1c(-c2cccc3ccccc23)[nH]c2ccccc12. The Hall–Kier alpha value is -6.66. The number of ketones is 2. The monoisotopic (exact) mass is 622 g/mol. The number of H-pyrrole nitrogens is 2. The maximum Gasteiger partial charge on any atom is 0.232 e. The summed E-state index contributed by atoms with van der Waals surface area (Å²) in [7, 11) is 0. The van der Waals surface area contributed by atoms with E-state index in [4.69, 9.17) is 0 Å². The van der Waals surface area contributed by atoms with Crippen LogP contribution in [0.3, 0.4) is 0 Å². The number of carbonyl (C=O) groups excluding carboxylic acids is 2. The molecule has 0 unspecified atom stereocenters. The topological polar surface area (TPSA) is 106 Å². The molecule has 0 radical (unpaired) electrons. The van der Waals surface area contributed by atoms with E-state index in [1.54, 1.807) is 0 Å². The van der Waals surface area contributed by atoms with E-state index in [0.29, 0.717) is 33.3 Å². The highest BCUT2D eigenvalue weighted by atomic mass is 16.3. The first kappa shape index (κ1) is 27.6. The molecular formula is C42H26N2O4. The van der Waals surface area contributed by atoms with Crippen LogP contribution < -0.4 is 0 Å². The van der Waals surface area contributed by atoms with Crippen molar-refractivity contribution in [2.75, 3.05) is 0 Å². The van der Waals surface area contributed by atoms with Crippen LogP contribution in [0.15, 0.2) is 145 Å². The molecular weight excluding hydrogens is 596 g/mol. The van der Waals surface area contributed by atoms with Crippen molar-refractivity contribution in [3.8, 4) is 22.5 Å². The van der Waals surface area contributed by atoms with Crippen molar-refractivity contribution in [3.05, 3.63) is 156 Å². The number of aliphatic hydroxyl groups excluding tert-OH is 2. The summed E-state index contributed by atoms with van der Waals surface area (Å²) in [6.45, 7) is 0. The van der Waals surface area contributed by atoms with Gasteiger partial charge in [0.25, 0.3) is 0 Å². The number of hydrogen-bond acceptors (Lipinski definition) is 4. The van der Waals surface area contributed by atoms with Crippen LogP contribution in [-0.2, 0) is 9.59 Å². The molecule has 0 atom stereocenters. The lowest BCUT2D eigenvalue weighted by atomic mass is 9.82. The van der Waals surface area contributed by atoms with Gasteiger partial charge >= 0.3 is 0 Å². The molecule has 48 heavy (non-hydrogen) atoms. The number of benzene rings is 6. The van der Waals surface area contributed by atoms with Crippen LogP contribution in [0.4, 0.5) is 0 Å². The van der Waals surface area contributed by atoms with Gasteiger partial charge < -0.3 is 20.2 Å². The lowest BCUT2D eigenvalue weighted by Gasteiger charge is -2.20. The second kappa shape index (κ2) is 10.4. The summed E-state index contributed by atoms with van der Waals surface area (Å²) in [6, 6.07) is 42.4. The molecule has 2 heterocycles. The van der Waals surface area contributed by atoms with Gasteiger partial charge in [-0.1, -0.05) is 121 Å². The Morgan fingerprint density at radius 1 is 0.396 bits per heavy atom. The Balaban J connectivity index is 1.30. The van der Waals surface area contributed by atoms with E-state index in [-0.39, 0.29) is 11.1 Å². The average molecular weight is 623 g/mol. The summed E-state index contributed by atoms with van der Waals surface area (Å²) in [5.41, 5.74) is 4.40. The Kier molecular flexibility index (Phi) is 6.01. The summed E-state index contributed by atoms with van der Waals surface area (Å²) in [4.78, 5) is 35.8. The Morgan fingerprint density at radius 3 is 1.19 bits per heavy atom. The van der Waals surface area contributed by atoms with Crippen LogP contribution in [0.5, 0.6) is 0 Å². The van der Waals surface area contributed by atoms with Crippen molar-refractivity contribution in [1.29, 1.82) is 0 Å². The number of rotatable bonds is 4. The second-order valence-electron chi connectivity index (χ2n) is 12.0. The molecule has 228 valence electrons. The molecule has 6 heteroatoms. The highest BCUT2D eigenvalue weighted by Gasteiger charge is 2.40. The van der Waals surface area contributed by atoms with E-state index in [9.17, 15) is 19.8 Å². The van der Waals surface area contributed by atoms with E-state index < -0.39 is 23.1 Å². The van der Waals surface area contributed by atoms with Crippen molar-refractivity contribution in [3.63, 3.8) is 0 Å². The molecule has 0 saturated heterocycles. The number of para-hydroxylation sites is 2. The largest absolute Gasteiger partial charge is 0.504 e. The highest BCUT2D eigenvalue weighted by molar-refractivity contribution is 6.49. The zero-order chi connectivity index (χ0) is 32.5. The fourth-order valence-electron chi connectivity index (χ4n) is 7.24. The predicted octanol–water partition coefficient (Wildman–Crippen LogP) is 9.68. The van der Waals surface area contributed by atoms with E-state index in [2.05, 4.69) is 9.97 Å². The minimum atomic E-state index is -0.831. The fourth-order valence-corrected chi connectivity index (χ4v) is 7.24. The van der Waals surface area contributed by atoms with Crippen LogP contribution >= 0.6 is 0 Å². The van der Waals surface area contributed by atoms with Crippen molar-refractivity contribution in [2.24, 2.45) is 0 Å².